The second kappa shape index (κ2) is 9.27. The van der Waals surface area contributed by atoms with Crippen molar-refractivity contribution in [1.29, 1.82) is 0 Å². The normalized spacial score (nSPS) is 13.8. The molecule has 0 N–H and O–H groups in total. The van der Waals surface area contributed by atoms with E-state index >= 15 is 0 Å². The summed E-state index contributed by atoms with van der Waals surface area (Å²) in [5, 5.41) is 4.36. The highest BCUT2D eigenvalue weighted by atomic mass is 35.5. The summed E-state index contributed by atoms with van der Waals surface area (Å²) in [5.41, 5.74) is 0.780. The number of carbonyl (C=O) groups excluding carboxylic acids is 2. The number of likely N-dealkylation sites (N-methyl/N-ethyl adjacent to an activating group) is 1. The smallest absolute Gasteiger partial charge is 0.292 e. The fourth-order valence-corrected chi connectivity index (χ4v) is 3.81. The SMILES string of the molecule is CN(CC(=O)N1CCN(c2cnn(-c3ccccc3)c(=O)c2Cl)CC1)C(=O)c1ccco1. The van der Waals surface area contributed by atoms with Gasteiger partial charge in [0.15, 0.2) is 5.76 Å². The van der Waals surface area contributed by atoms with Crippen molar-refractivity contribution in [2.75, 3.05) is 44.7 Å². The van der Waals surface area contributed by atoms with Crippen LogP contribution in [0.3, 0.4) is 0 Å². The summed E-state index contributed by atoms with van der Waals surface area (Å²) in [4.78, 5) is 42.6. The molecule has 1 fully saturated rings. The minimum absolute atomic E-state index is 0.0467. The van der Waals surface area contributed by atoms with Crippen molar-refractivity contribution in [3.05, 3.63) is 76.1 Å². The van der Waals surface area contributed by atoms with Crippen molar-refractivity contribution in [3.8, 4) is 5.69 Å². The molecule has 32 heavy (non-hydrogen) atoms. The summed E-state index contributed by atoms with van der Waals surface area (Å²) in [7, 11) is 1.56. The number of amides is 2. The van der Waals surface area contributed by atoms with Gasteiger partial charge in [-0.15, -0.1) is 0 Å². The molecule has 1 saturated heterocycles. The number of halogens is 1. The van der Waals surface area contributed by atoms with E-state index in [-0.39, 0.29) is 29.1 Å². The Morgan fingerprint density at radius 1 is 1.09 bits per heavy atom. The van der Waals surface area contributed by atoms with Crippen molar-refractivity contribution < 1.29 is 14.0 Å². The molecule has 0 saturated carbocycles. The van der Waals surface area contributed by atoms with Gasteiger partial charge in [0.05, 0.1) is 30.4 Å². The zero-order valence-electron chi connectivity index (χ0n) is 17.5. The van der Waals surface area contributed by atoms with Gasteiger partial charge in [0.2, 0.25) is 5.91 Å². The second-order valence-electron chi connectivity index (χ2n) is 7.40. The number of carbonyl (C=O) groups is 2. The Bertz CT molecular complexity index is 1150. The third-order valence-corrected chi connectivity index (χ3v) is 5.68. The van der Waals surface area contributed by atoms with Gasteiger partial charge in [-0.25, -0.2) is 0 Å². The van der Waals surface area contributed by atoms with Gasteiger partial charge in [-0.3, -0.25) is 14.4 Å². The summed E-state index contributed by atoms with van der Waals surface area (Å²) in [5.74, 6) is -0.313. The molecule has 166 valence electrons. The van der Waals surface area contributed by atoms with Crippen LogP contribution >= 0.6 is 11.6 Å². The van der Waals surface area contributed by atoms with E-state index in [1.807, 2.05) is 23.1 Å². The van der Waals surface area contributed by atoms with Gasteiger partial charge < -0.3 is 19.1 Å². The number of anilines is 1. The van der Waals surface area contributed by atoms with Crippen molar-refractivity contribution in [3.63, 3.8) is 0 Å². The minimum Gasteiger partial charge on any atom is -0.459 e. The summed E-state index contributed by atoms with van der Waals surface area (Å²) < 4.78 is 6.36. The molecule has 0 radical (unpaired) electrons. The number of nitrogens with zero attached hydrogens (tertiary/aromatic N) is 5. The highest BCUT2D eigenvalue weighted by molar-refractivity contribution is 6.33. The number of piperazine rings is 1. The predicted octanol–water partition coefficient (Wildman–Crippen LogP) is 1.90. The standard InChI is InChI=1S/C22H22ClN5O4/c1-25(21(30)18-8-5-13-32-18)15-19(29)27-11-9-26(10-12-27)17-14-24-28(22(31)20(17)23)16-6-3-2-4-7-16/h2-8,13-14H,9-12,15H2,1H3. The van der Waals surface area contributed by atoms with Gasteiger partial charge in [0.1, 0.15) is 5.02 Å². The first kappa shape index (κ1) is 21.6. The molecule has 0 atom stereocenters. The molecule has 2 aromatic heterocycles. The molecule has 2 amide bonds. The van der Waals surface area contributed by atoms with Crippen molar-refractivity contribution in [1.82, 2.24) is 19.6 Å². The van der Waals surface area contributed by atoms with Crippen molar-refractivity contribution in [2.24, 2.45) is 0 Å². The Morgan fingerprint density at radius 2 is 1.81 bits per heavy atom. The molecule has 4 rings (SSSR count). The molecule has 0 bridgehead atoms. The van der Waals surface area contributed by atoms with Crippen LogP contribution in [0.1, 0.15) is 10.6 Å². The Hall–Kier alpha value is -3.59. The van der Waals surface area contributed by atoms with Gasteiger partial charge in [0, 0.05) is 33.2 Å². The fourth-order valence-electron chi connectivity index (χ4n) is 3.56. The lowest BCUT2D eigenvalue weighted by Crippen LogP contribution is -2.51. The van der Waals surface area contributed by atoms with Crippen LogP contribution < -0.4 is 10.5 Å². The van der Waals surface area contributed by atoms with Gasteiger partial charge in [0.25, 0.3) is 11.5 Å². The Morgan fingerprint density at radius 3 is 2.47 bits per heavy atom. The molecule has 3 aromatic rings. The largest absolute Gasteiger partial charge is 0.459 e. The van der Waals surface area contributed by atoms with Gasteiger partial charge in [-0.2, -0.15) is 9.78 Å². The van der Waals surface area contributed by atoms with E-state index in [0.29, 0.717) is 37.6 Å². The van der Waals surface area contributed by atoms with E-state index in [1.165, 1.54) is 15.8 Å². The summed E-state index contributed by atoms with van der Waals surface area (Å²) in [6.45, 7) is 1.84. The number of rotatable bonds is 5. The number of hydrogen-bond donors (Lipinski definition) is 0. The molecule has 9 nitrogen and oxygen atoms in total. The molecular weight excluding hydrogens is 434 g/mol. The van der Waals surface area contributed by atoms with Crippen LogP contribution in [0.25, 0.3) is 5.69 Å². The quantitative estimate of drug-likeness (QED) is 0.583. The van der Waals surface area contributed by atoms with Crippen LogP contribution in [0.15, 0.2) is 64.1 Å². The minimum atomic E-state index is -0.396. The highest BCUT2D eigenvalue weighted by Gasteiger charge is 2.26. The average Bonchev–Trinajstić information content (AvgIpc) is 3.36. The lowest BCUT2D eigenvalue weighted by atomic mass is 10.2. The van der Waals surface area contributed by atoms with Crippen LogP contribution in [-0.2, 0) is 4.79 Å². The zero-order valence-corrected chi connectivity index (χ0v) is 18.2. The maximum absolute atomic E-state index is 12.7. The molecule has 3 heterocycles. The Balaban J connectivity index is 1.38. The van der Waals surface area contributed by atoms with E-state index in [0.717, 1.165) is 0 Å². The third kappa shape index (κ3) is 4.38. The van der Waals surface area contributed by atoms with Crippen LogP contribution in [0.2, 0.25) is 5.02 Å². The zero-order chi connectivity index (χ0) is 22.7. The number of para-hydroxylation sites is 1. The molecule has 0 aliphatic carbocycles. The summed E-state index contributed by atoms with van der Waals surface area (Å²) >= 11 is 6.38. The molecule has 1 aliphatic heterocycles. The number of benzene rings is 1. The second-order valence-corrected chi connectivity index (χ2v) is 7.78. The highest BCUT2D eigenvalue weighted by Crippen LogP contribution is 2.23. The molecule has 0 unspecified atom stereocenters. The molecule has 1 aliphatic rings. The topological polar surface area (TPSA) is 91.9 Å². The monoisotopic (exact) mass is 455 g/mol. The number of hydrogen-bond acceptors (Lipinski definition) is 6. The Labute approximate surface area is 189 Å². The van der Waals surface area contributed by atoms with Crippen LogP contribution in [0, 0.1) is 0 Å². The molecular formula is C22H22ClN5O4. The molecule has 10 heteroatoms. The van der Waals surface area contributed by atoms with Gasteiger partial charge in [-0.05, 0) is 24.3 Å². The van der Waals surface area contributed by atoms with Gasteiger partial charge in [-0.1, -0.05) is 29.8 Å². The summed E-state index contributed by atoms with van der Waals surface area (Å²) in [6.07, 6.45) is 2.99. The predicted molar refractivity (Wildman–Crippen MR) is 119 cm³/mol. The van der Waals surface area contributed by atoms with E-state index in [9.17, 15) is 14.4 Å². The van der Waals surface area contributed by atoms with E-state index < -0.39 is 5.56 Å². The van der Waals surface area contributed by atoms with Crippen LogP contribution in [-0.4, -0.2) is 71.2 Å². The van der Waals surface area contributed by atoms with Crippen molar-refractivity contribution in [2.45, 2.75) is 0 Å². The number of aromatic nitrogens is 2. The van der Waals surface area contributed by atoms with E-state index in [2.05, 4.69) is 5.10 Å². The first-order chi connectivity index (χ1) is 15.5. The van der Waals surface area contributed by atoms with E-state index in [1.54, 1.807) is 42.4 Å². The summed E-state index contributed by atoms with van der Waals surface area (Å²) in [6, 6.07) is 12.2. The van der Waals surface area contributed by atoms with Crippen LogP contribution in [0.4, 0.5) is 5.69 Å². The first-order valence-corrected chi connectivity index (χ1v) is 10.5. The third-order valence-electron chi connectivity index (χ3n) is 5.33. The maximum Gasteiger partial charge on any atom is 0.292 e. The van der Waals surface area contributed by atoms with E-state index in [4.69, 9.17) is 16.0 Å². The van der Waals surface area contributed by atoms with Crippen LogP contribution in [0.5, 0.6) is 0 Å². The van der Waals surface area contributed by atoms with Crippen molar-refractivity contribution >= 4 is 29.1 Å². The number of furan rings is 1. The first-order valence-electron chi connectivity index (χ1n) is 10.1. The van der Waals surface area contributed by atoms with Gasteiger partial charge >= 0.3 is 0 Å². The fraction of sp³-hybridized carbons (Fsp3) is 0.273. The molecule has 0 spiro atoms. The lowest BCUT2D eigenvalue weighted by Gasteiger charge is -2.36. The Kier molecular flexibility index (Phi) is 6.27. The lowest BCUT2D eigenvalue weighted by molar-refractivity contribution is -0.132. The maximum atomic E-state index is 12.7. The average molecular weight is 456 g/mol. The molecule has 1 aromatic carbocycles.